The second-order valence-corrected chi connectivity index (χ2v) is 4.58. The molecule has 0 amide bonds. The number of aliphatic hydroxyl groups is 1. The number of ether oxygens (including phenoxy) is 1. The second-order valence-electron chi connectivity index (χ2n) is 4.58. The summed E-state index contributed by atoms with van der Waals surface area (Å²) in [4.78, 5) is 2.37. The van der Waals surface area contributed by atoms with Gasteiger partial charge in [-0.2, -0.15) is 0 Å². The number of hydrogen-bond acceptors (Lipinski definition) is 3. The minimum absolute atomic E-state index is 0.0708. The van der Waals surface area contributed by atoms with Gasteiger partial charge in [0.05, 0.1) is 19.8 Å². The molecule has 0 bridgehead atoms. The zero-order valence-electron chi connectivity index (χ0n) is 10.5. The van der Waals surface area contributed by atoms with Crippen molar-refractivity contribution < 1.29 is 14.2 Å². The summed E-state index contributed by atoms with van der Waals surface area (Å²) in [6, 6.07) is 7.16. The first-order valence-corrected chi connectivity index (χ1v) is 6.49. The fourth-order valence-corrected chi connectivity index (χ4v) is 2.50. The van der Waals surface area contributed by atoms with Crippen molar-refractivity contribution in [3.05, 3.63) is 35.6 Å². The van der Waals surface area contributed by atoms with E-state index in [1.807, 2.05) is 12.1 Å². The van der Waals surface area contributed by atoms with Crippen LogP contribution in [0.4, 0.5) is 4.39 Å². The highest BCUT2D eigenvalue weighted by Gasteiger charge is 2.25. The molecule has 1 fully saturated rings. The van der Waals surface area contributed by atoms with Crippen LogP contribution in [0.25, 0.3) is 0 Å². The van der Waals surface area contributed by atoms with E-state index in [2.05, 4.69) is 4.90 Å². The summed E-state index contributed by atoms with van der Waals surface area (Å²) >= 11 is 0. The van der Waals surface area contributed by atoms with E-state index in [0.29, 0.717) is 19.3 Å². The molecule has 3 nitrogen and oxygen atoms in total. The van der Waals surface area contributed by atoms with Crippen LogP contribution in [0.2, 0.25) is 0 Å². The molecule has 1 aliphatic heterocycles. The predicted molar refractivity (Wildman–Crippen MR) is 67.9 cm³/mol. The molecule has 1 aromatic rings. The number of benzene rings is 1. The topological polar surface area (TPSA) is 32.7 Å². The Morgan fingerprint density at radius 1 is 1.28 bits per heavy atom. The van der Waals surface area contributed by atoms with Crippen LogP contribution in [0, 0.1) is 5.82 Å². The van der Waals surface area contributed by atoms with Crippen LogP contribution in [-0.2, 0) is 4.74 Å². The van der Waals surface area contributed by atoms with Gasteiger partial charge >= 0.3 is 0 Å². The third-order valence-corrected chi connectivity index (χ3v) is 3.38. The molecule has 1 aromatic carbocycles. The zero-order valence-corrected chi connectivity index (χ0v) is 10.5. The Morgan fingerprint density at radius 3 is 2.78 bits per heavy atom. The van der Waals surface area contributed by atoms with E-state index in [1.165, 1.54) is 24.1 Å². The molecule has 0 saturated carbocycles. The van der Waals surface area contributed by atoms with E-state index >= 15 is 0 Å². The lowest BCUT2D eigenvalue weighted by molar-refractivity contribution is 0.0709. The van der Waals surface area contributed by atoms with Gasteiger partial charge in [-0.15, -0.1) is 0 Å². The lowest BCUT2D eigenvalue weighted by Crippen LogP contribution is -2.27. The predicted octanol–water partition coefficient (Wildman–Crippen LogP) is 1.97. The molecule has 18 heavy (non-hydrogen) atoms. The molecule has 1 aliphatic rings. The number of nitrogens with zero attached hydrogens (tertiary/aromatic N) is 1. The molecular weight excluding hydrogens is 233 g/mol. The summed E-state index contributed by atoms with van der Waals surface area (Å²) in [5.74, 6) is -0.186. The second kappa shape index (κ2) is 6.83. The van der Waals surface area contributed by atoms with E-state index in [9.17, 15) is 4.39 Å². The van der Waals surface area contributed by atoms with Crippen molar-refractivity contribution in [2.75, 3.05) is 32.9 Å². The Morgan fingerprint density at radius 2 is 2.06 bits per heavy atom. The van der Waals surface area contributed by atoms with Crippen LogP contribution in [0.5, 0.6) is 0 Å². The normalized spacial score (nSPS) is 20.4. The Hall–Kier alpha value is -0.970. The Labute approximate surface area is 107 Å². The maximum absolute atomic E-state index is 12.9. The SMILES string of the molecule is OCCOCCN1CCC[C@@H]1c1ccc(F)cc1. The standard InChI is InChI=1S/C14H20FNO2/c15-13-5-3-12(4-6-13)14-2-1-7-16(14)8-10-18-11-9-17/h3-6,14,17H,1-2,7-11H2/t14-/m1/s1. The fraction of sp³-hybridized carbons (Fsp3) is 0.571. The molecule has 0 radical (unpaired) electrons. The minimum Gasteiger partial charge on any atom is -0.394 e. The van der Waals surface area contributed by atoms with Crippen molar-refractivity contribution in [3.63, 3.8) is 0 Å². The minimum atomic E-state index is -0.186. The number of hydrogen-bond donors (Lipinski definition) is 1. The highest BCUT2D eigenvalue weighted by Crippen LogP contribution is 2.31. The maximum atomic E-state index is 12.9. The average Bonchev–Trinajstić information content (AvgIpc) is 2.84. The van der Waals surface area contributed by atoms with E-state index in [-0.39, 0.29) is 12.4 Å². The molecule has 0 unspecified atom stereocenters. The Bertz CT molecular complexity index is 355. The summed E-state index contributed by atoms with van der Waals surface area (Å²) in [6.07, 6.45) is 2.29. The van der Waals surface area contributed by atoms with Gasteiger partial charge in [0.1, 0.15) is 5.82 Å². The lowest BCUT2D eigenvalue weighted by atomic mass is 10.0. The number of likely N-dealkylation sites (tertiary alicyclic amines) is 1. The number of rotatable bonds is 6. The molecule has 2 rings (SSSR count). The van der Waals surface area contributed by atoms with E-state index < -0.39 is 0 Å². The van der Waals surface area contributed by atoms with Crippen molar-refractivity contribution in [3.8, 4) is 0 Å². The summed E-state index contributed by atoms with van der Waals surface area (Å²) in [5.41, 5.74) is 1.18. The van der Waals surface area contributed by atoms with Crippen molar-refractivity contribution in [1.82, 2.24) is 4.90 Å². The van der Waals surface area contributed by atoms with Gasteiger partial charge in [0.2, 0.25) is 0 Å². The summed E-state index contributed by atoms with van der Waals surface area (Å²) in [6.45, 7) is 3.03. The highest BCUT2D eigenvalue weighted by atomic mass is 19.1. The van der Waals surface area contributed by atoms with Gasteiger partial charge in [-0.05, 0) is 37.1 Å². The zero-order chi connectivity index (χ0) is 12.8. The first-order valence-electron chi connectivity index (χ1n) is 6.49. The molecule has 4 heteroatoms. The van der Waals surface area contributed by atoms with Crippen molar-refractivity contribution >= 4 is 0 Å². The van der Waals surface area contributed by atoms with Crippen LogP contribution in [0.15, 0.2) is 24.3 Å². The Kier molecular flexibility index (Phi) is 5.11. The highest BCUT2D eigenvalue weighted by molar-refractivity contribution is 5.20. The molecule has 1 saturated heterocycles. The summed E-state index contributed by atoms with van der Waals surface area (Å²) < 4.78 is 18.2. The smallest absolute Gasteiger partial charge is 0.123 e. The molecule has 100 valence electrons. The van der Waals surface area contributed by atoms with Crippen LogP contribution in [0.1, 0.15) is 24.4 Å². The van der Waals surface area contributed by atoms with Crippen LogP contribution in [0.3, 0.4) is 0 Å². The van der Waals surface area contributed by atoms with Crippen LogP contribution >= 0.6 is 0 Å². The van der Waals surface area contributed by atoms with Gasteiger partial charge < -0.3 is 9.84 Å². The van der Waals surface area contributed by atoms with E-state index in [4.69, 9.17) is 9.84 Å². The van der Waals surface area contributed by atoms with Crippen LogP contribution in [-0.4, -0.2) is 42.9 Å². The fourth-order valence-electron chi connectivity index (χ4n) is 2.50. The molecule has 1 N–H and O–H groups in total. The molecule has 1 atom stereocenters. The summed E-state index contributed by atoms with van der Waals surface area (Å²) in [5, 5.41) is 8.64. The lowest BCUT2D eigenvalue weighted by Gasteiger charge is -2.24. The molecule has 0 spiro atoms. The first kappa shape index (κ1) is 13.5. The van der Waals surface area contributed by atoms with E-state index in [1.54, 1.807) is 0 Å². The maximum Gasteiger partial charge on any atom is 0.123 e. The molecular formula is C14H20FNO2. The van der Waals surface area contributed by atoms with Gasteiger partial charge in [-0.3, -0.25) is 4.90 Å². The monoisotopic (exact) mass is 253 g/mol. The van der Waals surface area contributed by atoms with Crippen molar-refractivity contribution in [2.45, 2.75) is 18.9 Å². The van der Waals surface area contributed by atoms with Crippen molar-refractivity contribution in [2.24, 2.45) is 0 Å². The van der Waals surface area contributed by atoms with Crippen molar-refractivity contribution in [1.29, 1.82) is 0 Å². The number of aliphatic hydroxyl groups excluding tert-OH is 1. The molecule has 0 aromatic heterocycles. The van der Waals surface area contributed by atoms with Gasteiger partial charge in [0, 0.05) is 12.6 Å². The number of halogens is 1. The quantitative estimate of drug-likeness (QED) is 0.787. The molecule has 1 heterocycles. The third kappa shape index (κ3) is 3.51. The Balaban J connectivity index is 1.88. The largest absolute Gasteiger partial charge is 0.394 e. The van der Waals surface area contributed by atoms with Gasteiger partial charge in [-0.1, -0.05) is 12.1 Å². The van der Waals surface area contributed by atoms with Crippen LogP contribution < -0.4 is 0 Å². The third-order valence-electron chi connectivity index (χ3n) is 3.38. The first-order chi connectivity index (χ1) is 8.81. The summed E-state index contributed by atoms with van der Waals surface area (Å²) in [7, 11) is 0. The van der Waals surface area contributed by atoms with Gasteiger partial charge in [-0.25, -0.2) is 4.39 Å². The van der Waals surface area contributed by atoms with Gasteiger partial charge in [0.15, 0.2) is 0 Å². The molecule has 0 aliphatic carbocycles. The average molecular weight is 253 g/mol. The van der Waals surface area contributed by atoms with Gasteiger partial charge in [0.25, 0.3) is 0 Å². The van der Waals surface area contributed by atoms with E-state index in [0.717, 1.165) is 19.5 Å².